The molecule has 0 saturated carbocycles. The number of carbonyl (C=O) groups is 2. The summed E-state index contributed by atoms with van der Waals surface area (Å²) in [5, 5.41) is 14.0. The highest BCUT2D eigenvalue weighted by molar-refractivity contribution is 6.39. The van der Waals surface area contributed by atoms with Gasteiger partial charge in [0, 0.05) is 31.9 Å². The van der Waals surface area contributed by atoms with Crippen LogP contribution >= 0.6 is 0 Å². The predicted octanol–water partition coefficient (Wildman–Crippen LogP) is 0.918. The van der Waals surface area contributed by atoms with Crippen LogP contribution in [0.2, 0.25) is 0 Å². The number of rotatable bonds is 6. The Morgan fingerprint density at radius 2 is 2.08 bits per heavy atom. The first-order valence-corrected chi connectivity index (χ1v) is 8.41. The number of nitriles is 1. The van der Waals surface area contributed by atoms with Crippen molar-refractivity contribution in [3.8, 4) is 6.07 Å². The van der Waals surface area contributed by atoms with Crippen LogP contribution in [0.25, 0.3) is 0 Å². The number of carbonyl (C=O) groups excluding carboxylic acids is 2. The average Bonchev–Trinajstić information content (AvgIpc) is 2.62. The first kappa shape index (κ1) is 18.9. The fourth-order valence-electron chi connectivity index (χ4n) is 2.83. The highest BCUT2D eigenvalue weighted by Crippen LogP contribution is 2.11. The normalized spacial score (nSPS) is 17.5. The second-order valence-electron chi connectivity index (χ2n) is 6.09. The number of methoxy groups -OCH3 is 1. The summed E-state index contributed by atoms with van der Waals surface area (Å²) in [6.07, 6.45) is 2.16. The van der Waals surface area contributed by atoms with Gasteiger partial charge in [0.05, 0.1) is 19.1 Å². The molecule has 0 aliphatic carbocycles. The van der Waals surface area contributed by atoms with E-state index < -0.39 is 11.8 Å². The van der Waals surface area contributed by atoms with Crippen molar-refractivity contribution in [1.82, 2.24) is 10.2 Å². The van der Waals surface area contributed by atoms with Crippen LogP contribution < -0.4 is 10.6 Å². The third-order valence-electron chi connectivity index (χ3n) is 4.15. The molecule has 0 bridgehead atoms. The number of amides is 2. The zero-order valence-corrected chi connectivity index (χ0v) is 14.5. The molecular formula is C18H24N4O3. The highest BCUT2D eigenvalue weighted by atomic mass is 16.5. The monoisotopic (exact) mass is 344 g/mol. The molecule has 1 unspecified atom stereocenters. The fourth-order valence-corrected chi connectivity index (χ4v) is 2.83. The van der Waals surface area contributed by atoms with Gasteiger partial charge in [0.15, 0.2) is 0 Å². The molecule has 2 N–H and O–H groups in total. The lowest BCUT2D eigenvalue weighted by Crippen LogP contribution is -2.50. The van der Waals surface area contributed by atoms with Crippen LogP contribution in [0.5, 0.6) is 0 Å². The van der Waals surface area contributed by atoms with Crippen molar-refractivity contribution in [3.05, 3.63) is 29.8 Å². The Labute approximate surface area is 147 Å². The second kappa shape index (κ2) is 9.77. The molecule has 1 aliphatic heterocycles. The first-order chi connectivity index (χ1) is 12.1. The zero-order valence-electron chi connectivity index (χ0n) is 14.5. The van der Waals surface area contributed by atoms with Crippen LogP contribution in [-0.4, -0.2) is 56.1 Å². The number of piperidine rings is 1. The SMILES string of the molecule is COCCN1CCCC(NC(=O)C(=O)Nc2ccc(CC#N)cc2)C1. The van der Waals surface area contributed by atoms with Crippen molar-refractivity contribution in [3.63, 3.8) is 0 Å². The van der Waals surface area contributed by atoms with Gasteiger partial charge in [-0.3, -0.25) is 14.5 Å². The van der Waals surface area contributed by atoms with Gasteiger partial charge in [-0.2, -0.15) is 5.26 Å². The summed E-state index contributed by atoms with van der Waals surface area (Å²) >= 11 is 0. The Morgan fingerprint density at radius 1 is 1.32 bits per heavy atom. The molecule has 1 saturated heterocycles. The van der Waals surface area contributed by atoms with Gasteiger partial charge in [0.25, 0.3) is 0 Å². The summed E-state index contributed by atoms with van der Waals surface area (Å²) in [7, 11) is 1.67. The molecule has 1 aromatic rings. The van der Waals surface area contributed by atoms with Gasteiger partial charge < -0.3 is 15.4 Å². The maximum absolute atomic E-state index is 12.1. The van der Waals surface area contributed by atoms with Gasteiger partial charge in [0.1, 0.15) is 0 Å². The maximum Gasteiger partial charge on any atom is 0.313 e. The largest absolute Gasteiger partial charge is 0.383 e. The molecule has 2 amide bonds. The highest BCUT2D eigenvalue weighted by Gasteiger charge is 2.23. The van der Waals surface area contributed by atoms with Crippen molar-refractivity contribution in [1.29, 1.82) is 5.26 Å². The lowest BCUT2D eigenvalue weighted by Gasteiger charge is -2.32. The molecule has 0 radical (unpaired) electrons. The van der Waals surface area contributed by atoms with Crippen LogP contribution in [0.15, 0.2) is 24.3 Å². The van der Waals surface area contributed by atoms with E-state index in [9.17, 15) is 9.59 Å². The van der Waals surface area contributed by atoms with Crippen LogP contribution in [0.4, 0.5) is 5.69 Å². The molecule has 1 heterocycles. The van der Waals surface area contributed by atoms with E-state index in [1.807, 2.05) is 0 Å². The molecule has 1 fully saturated rings. The van der Waals surface area contributed by atoms with Crippen LogP contribution in [0.3, 0.4) is 0 Å². The van der Waals surface area contributed by atoms with E-state index in [-0.39, 0.29) is 6.04 Å². The molecule has 1 aliphatic rings. The average molecular weight is 344 g/mol. The smallest absolute Gasteiger partial charge is 0.313 e. The van der Waals surface area contributed by atoms with Crippen molar-refractivity contribution in [2.45, 2.75) is 25.3 Å². The summed E-state index contributed by atoms with van der Waals surface area (Å²) < 4.78 is 5.08. The van der Waals surface area contributed by atoms with Crippen LogP contribution in [0.1, 0.15) is 18.4 Å². The lowest BCUT2D eigenvalue weighted by atomic mass is 10.1. The minimum atomic E-state index is -0.679. The van der Waals surface area contributed by atoms with Gasteiger partial charge in [-0.25, -0.2) is 0 Å². The Morgan fingerprint density at radius 3 is 2.76 bits per heavy atom. The number of hydrogen-bond acceptors (Lipinski definition) is 5. The Hall–Kier alpha value is -2.43. The van der Waals surface area contributed by atoms with Gasteiger partial charge in [0.2, 0.25) is 0 Å². The number of nitrogens with one attached hydrogen (secondary N) is 2. The second-order valence-corrected chi connectivity index (χ2v) is 6.09. The number of anilines is 1. The molecule has 0 spiro atoms. The van der Waals surface area contributed by atoms with E-state index in [1.54, 1.807) is 31.4 Å². The number of benzene rings is 1. The summed E-state index contributed by atoms with van der Waals surface area (Å²) in [6.45, 7) is 3.19. The van der Waals surface area contributed by atoms with E-state index in [4.69, 9.17) is 10.00 Å². The number of hydrogen-bond donors (Lipinski definition) is 2. The molecule has 134 valence electrons. The quantitative estimate of drug-likeness (QED) is 0.748. The third-order valence-corrected chi connectivity index (χ3v) is 4.15. The minimum Gasteiger partial charge on any atom is -0.383 e. The fraction of sp³-hybridized carbons (Fsp3) is 0.500. The van der Waals surface area contributed by atoms with Gasteiger partial charge in [-0.15, -0.1) is 0 Å². The minimum absolute atomic E-state index is 0.0261. The topological polar surface area (TPSA) is 94.5 Å². The molecular weight excluding hydrogens is 320 g/mol. The van der Waals surface area contributed by atoms with Crippen molar-refractivity contribution in [2.75, 3.05) is 38.7 Å². The number of likely N-dealkylation sites (tertiary alicyclic amines) is 1. The maximum atomic E-state index is 12.1. The Bertz CT molecular complexity index is 624. The Balaban J connectivity index is 1.81. The van der Waals surface area contributed by atoms with E-state index >= 15 is 0 Å². The standard InChI is InChI=1S/C18H24N4O3/c1-25-12-11-22-10-2-3-16(13-22)21-18(24)17(23)20-15-6-4-14(5-7-15)8-9-19/h4-7,16H,2-3,8,10-13H2,1H3,(H,20,23)(H,21,24). The first-order valence-electron chi connectivity index (χ1n) is 8.41. The van der Waals surface area contributed by atoms with E-state index in [0.29, 0.717) is 18.7 Å². The summed E-state index contributed by atoms with van der Waals surface area (Å²) in [6, 6.07) is 8.92. The predicted molar refractivity (Wildman–Crippen MR) is 93.9 cm³/mol. The molecule has 1 atom stereocenters. The zero-order chi connectivity index (χ0) is 18.1. The molecule has 0 aromatic heterocycles. The summed E-state index contributed by atoms with van der Waals surface area (Å²) in [5.41, 5.74) is 1.40. The van der Waals surface area contributed by atoms with Crippen molar-refractivity contribution in [2.24, 2.45) is 0 Å². The molecule has 2 rings (SSSR count). The van der Waals surface area contributed by atoms with Crippen molar-refractivity contribution < 1.29 is 14.3 Å². The number of nitrogens with zero attached hydrogens (tertiary/aromatic N) is 2. The van der Waals surface area contributed by atoms with E-state index in [0.717, 1.165) is 38.0 Å². The molecule has 7 nitrogen and oxygen atoms in total. The van der Waals surface area contributed by atoms with Crippen LogP contribution in [-0.2, 0) is 20.7 Å². The van der Waals surface area contributed by atoms with Crippen LogP contribution in [0, 0.1) is 11.3 Å². The van der Waals surface area contributed by atoms with E-state index in [2.05, 4.69) is 21.6 Å². The molecule has 1 aromatic carbocycles. The molecule has 7 heteroatoms. The van der Waals surface area contributed by atoms with Gasteiger partial charge in [-0.05, 0) is 37.1 Å². The summed E-state index contributed by atoms with van der Waals surface area (Å²) in [5.74, 6) is -1.30. The number of ether oxygens (including phenoxy) is 1. The third kappa shape index (κ3) is 6.18. The Kier molecular flexibility index (Phi) is 7.38. The van der Waals surface area contributed by atoms with Gasteiger partial charge >= 0.3 is 11.8 Å². The van der Waals surface area contributed by atoms with Gasteiger partial charge in [-0.1, -0.05) is 12.1 Å². The van der Waals surface area contributed by atoms with Crippen molar-refractivity contribution >= 4 is 17.5 Å². The summed E-state index contributed by atoms with van der Waals surface area (Å²) in [4.78, 5) is 26.4. The lowest BCUT2D eigenvalue weighted by molar-refractivity contribution is -0.136. The molecule has 25 heavy (non-hydrogen) atoms. The van der Waals surface area contributed by atoms with E-state index in [1.165, 1.54) is 0 Å².